The molecule has 1 aliphatic rings. The average Bonchev–Trinajstić information content (AvgIpc) is 2.35. The van der Waals surface area contributed by atoms with Gasteiger partial charge in [-0.25, -0.2) is 0 Å². The van der Waals surface area contributed by atoms with Gasteiger partial charge in [0.25, 0.3) is 0 Å². The van der Waals surface area contributed by atoms with Crippen LogP contribution in [-0.2, 0) is 9.59 Å². The zero-order valence-electron chi connectivity index (χ0n) is 13.0. The number of piperazine rings is 1. The highest BCUT2D eigenvalue weighted by molar-refractivity contribution is 5.99. The molecule has 4 nitrogen and oxygen atoms in total. The molecule has 0 spiro atoms. The Balaban J connectivity index is 2.93. The molecule has 1 saturated heterocycles. The fraction of sp³-hybridized carbons (Fsp3) is 0.867. The van der Waals surface area contributed by atoms with Gasteiger partial charge in [0.2, 0.25) is 11.8 Å². The lowest BCUT2D eigenvalue weighted by Crippen LogP contribution is -2.69. The first kappa shape index (κ1) is 16.0. The molecule has 0 aromatic carbocycles. The van der Waals surface area contributed by atoms with Crippen LogP contribution in [-0.4, -0.2) is 34.8 Å². The summed E-state index contributed by atoms with van der Waals surface area (Å²) in [4.78, 5) is 26.7. The number of carbonyl (C=O) groups is 2. The van der Waals surface area contributed by atoms with Crippen molar-refractivity contribution in [2.45, 2.75) is 71.9 Å². The second-order valence-corrected chi connectivity index (χ2v) is 6.16. The Kier molecular flexibility index (Phi) is 5.39. The van der Waals surface area contributed by atoms with Crippen LogP contribution in [0.15, 0.2) is 0 Å². The summed E-state index contributed by atoms with van der Waals surface area (Å²) in [5.74, 6) is 0.621. The molecule has 1 N–H and O–H groups in total. The number of hydrogen-bond acceptors (Lipinski definition) is 2. The highest BCUT2D eigenvalue weighted by Gasteiger charge is 2.46. The van der Waals surface area contributed by atoms with Gasteiger partial charge in [-0.15, -0.1) is 0 Å². The lowest BCUT2D eigenvalue weighted by molar-refractivity contribution is -0.155. The average molecular weight is 268 g/mol. The normalized spacial score (nSPS) is 27.9. The van der Waals surface area contributed by atoms with Gasteiger partial charge in [-0.2, -0.15) is 0 Å². The van der Waals surface area contributed by atoms with E-state index in [0.717, 1.165) is 19.3 Å². The lowest BCUT2D eigenvalue weighted by atomic mass is 9.90. The Morgan fingerprint density at radius 3 is 2.42 bits per heavy atom. The Morgan fingerprint density at radius 2 is 1.95 bits per heavy atom. The van der Waals surface area contributed by atoms with E-state index in [1.165, 1.54) is 0 Å². The van der Waals surface area contributed by atoms with Crippen molar-refractivity contribution in [3.63, 3.8) is 0 Å². The number of amides is 2. The molecule has 110 valence electrons. The van der Waals surface area contributed by atoms with Gasteiger partial charge in [-0.1, -0.05) is 34.1 Å². The maximum absolute atomic E-state index is 12.6. The molecule has 2 amide bonds. The van der Waals surface area contributed by atoms with Gasteiger partial charge >= 0.3 is 0 Å². The van der Waals surface area contributed by atoms with Crippen LogP contribution in [0.25, 0.3) is 0 Å². The van der Waals surface area contributed by atoms with E-state index in [-0.39, 0.29) is 17.9 Å². The first-order valence-corrected chi connectivity index (χ1v) is 7.48. The van der Waals surface area contributed by atoms with Crippen LogP contribution in [0.4, 0.5) is 0 Å². The van der Waals surface area contributed by atoms with Crippen molar-refractivity contribution in [3.05, 3.63) is 0 Å². The predicted octanol–water partition coefficient (Wildman–Crippen LogP) is 2.33. The van der Waals surface area contributed by atoms with Crippen molar-refractivity contribution >= 4 is 11.8 Å². The smallest absolute Gasteiger partial charge is 0.248 e. The molecule has 0 radical (unpaired) electrons. The summed E-state index contributed by atoms with van der Waals surface area (Å²) in [6, 6.07) is -0.282. The van der Waals surface area contributed by atoms with Gasteiger partial charge in [-0.05, 0) is 32.1 Å². The molecule has 0 aromatic rings. The van der Waals surface area contributed by atoms with Crippen molar-refractivity contribution in [1.29, 1.82) is 0 Å². The van der Waals surface area contributed by atoms with E-state index < -0.39 is 5.54 Å². The van der Waals surface area contributed by atoms with E-state index in [1.54, 1.807) is 0 Å². The molecule has 1 aliphatic heterocycles. The molecule has 1 rings (SSSR count). The molecular weight excluding hydrogens is 240 g/mol. The molecule has 1 heterocycles. The maximum Gasteiger partial charge on any atom is 0.248 e. The van der Waals surface area contributed by atoms with Gasteiger partial charge < -0.3 is 10.2 Å². The summed E-state index contributed by atoms with van der Waals surface area (Å²) in [7, 11) is 0. The molecule has 0 saturated carbocycles. The highest BCUT2D eigenvalue weighted by atomic mass is 16.2. The van der Waals surface area contributed by atoms with Crippen LogP contribution in [0, 0.1) is 5.92 Å². The molecule has 19 heavy (non-hydrogen) atoms. The van der Waals surface area contributed by atoms with Gasteiger partial charge in [0.05, 0.1) is 0 Å². The largest absolute Gasteiger partial charge is 0.340 e. The quantitative estimate of drug-likeness (QED) is 0.803. The Bertz CT molecular complexity index is 341. The van der Waals surface area contributed by atoms with E-state index >= 15 is 0 Å². The van der Waals surface area contributed by atoms with Crippen LogP contribution in [0.1, 0.15) is 60.3 Å². The fourth-order valence-electron chi connectivity index (χ4n) is 2.46. The summed E-state index contributed by atoms with van der Waals surface area (Å²) in [6.07, 6.45) is 3.23. The van der Waals surface area contributed by atoms with Crippen molar-refractivity contribution in [1.82, 2.24) is 10.2 Å². The van der Waals surface area contributed by atoms with Gasteiger partial charge in [0, 0.05) is 6.54 Å². The summed E-state index contributed by atoms with van der Waals surface area (Å²) in [6.45, 7) is 10.8. The van der Waals surface area contributed by atoms with Crippen LogP contribution in [0.3, 0.4) is 0 Å². The van der Waals surface area contributed by atoms with Crippen molar-refractivity contribution in [3.8, 4) is 0 Å². The first-order chi connectivity index (χ1) is 8.85. The van der Waals surface area contributed by atoms with Crippen molar-refractivity contribution in [2.75, 3.05) is 6.54 Å². The second-order valence-electron chi connectivity index (χ2n) is 6.16. The van der Waals surface area contributed by atoms with Gasteiger partial charge in [0.1, 0.15) is 11.6 Å². The minimum atomic E-state index is -0.724. The van der Waals surface area contributed by atoms with Gasteiger partial charge in [-0.3, -0.25) is 9.59 Å². The van der Waals surface area contributed by atoms with E-state index in [2.05, 4.69) is 19.2 Å². The molecular formula is C15H28N2O2. The van der Waals surface area contributed by atoms with E-state index in [4.69, 9.17) is 0 Å². The van der Waals surface area contributed by atoms with Crippen molar-refractivity contribution < 1.29 is 9.59 Å². The van der Waals surface area contributed by atoms with Crippen molar-refractivity contribution in [2.24, 2.45) is 5.92 Å². The van der Waals surface area contributed by atoms with E-state index in [1.807, 2.05) is 25.7 Å². The Morgan fingerprint density at radius 1 is 1.32 bits per heavy atom. The monoisotopic (exact) mass is 268 g/mol. The summed E-state index contributed by atoms with van der Waals surface area (Å²) < 4.78 is 0. The Hall–Kier alpha value is -1.06. The summed E-state index contributed by atoms with van der Waals surface area (Å²) in [5.41, 5.74) is -0.724. The van der Waals surface area contributed by atoms with Crippen LogP contribution in [0.5, 0.6) is 0 Å². The topological polar surface area (TPSA) is 49.4 Å². The molecule has 1 fully saturated rings. The standard InChI is InChI=1S/C15H28N2O2/c1-6-8-12-13(18)16-15(5,7-2)14(19)17(12)10-9-11(3)4/h11-12H,6-10H2,1-5H3,(H,16,18). The van der Waals surface area contributed by atoms with Crippen LogP contribution >= 0.6 is 0 Å². The zero-order valence-corrected chi connectivity index (χ0v) is 13.0. The minimum Gasteiger partial charge on any atom is -0.340 e. The van der Waals surface area contributed by atoms with E-state index in [9.17, 15) is 9.59 Å². The zero-order chi connectivity index (χ0) is 14.6. The summed E-state index contributed by atoms with van der Waals surface area (Å²) in [5, 5.41) is 2.91. The summed E-state index contributed by atoms with van der Waals surface area (Å²) >= 11 is 0. The number of rotatable bonds is 6. The predicted molar refractivity (Wildman–Crippen MR) is 76.7 cm³/mol. The molecule has 0 bridgehead atoms. The first-order valence-electron chi connectivity index (χ1n) is 7.48. The third-order valence-corrected chi connectivity index (χ3v) is 4.03. The second kappa shape index (κ2) is 6.40. The molecule has 0 aromatic heterocycles. The number of hydrogen-bond donors (Lipinski definition) is 1. The highest BCUT2D eigenvalue weighted by Crippen LogP contribution is 2.24. The van der Waals surface area contributed by atoms with Crippen LogP contribution in [0.2, 0.25) is 0 Å². The van der Waals surface area contributed by atoms with Gasteiger partial charge in [0.15, 0.2) is 0 Å². The number of nitrogens with zero attached hydrogens (tertiary/aromatic N) is 1. The molecule has 0 aliphatic carbocycles. The minimum absolute atomic E-state index is 0.00885. The number of carbonyl (C=O) groups excluding carboxylic acids is 2. The molecule has 2 unspecified atom stereocenters. The Labute approximate surface area is 116 Å². The third-order valence-electron chi connectivity index (χ3n) is 4.03. The number of nitrogens with one attached hydrogen (secondary N) is 1. The third kappa shape index (κ3) is 3.48. The van der Waals surface area contributed by atoms with E-state index in [0.29, 0.717) is 18.9 Å². The SMILES string of the molecule is CCCC1C(=O)NC(C)(CC)C(=O)N1CCC(C)C. The maximum atomic E-state index is 12.6. The fourth-order valence-corrected chi connectivity index (χ4v) is 2.46. The lowest BCUT2D eigenvalue weighted by Gasteiger charge is -2.44. The molecule has 2 atom stereocenters. The molecule has 4 heteroatoms. The van der Waals surface area contributed by atoms with Crippen LogP contribution < -0.4 is 5.32 Å².